The molecule has 0 saturated heterocycles. The van der Waals surface area contributed by atoms with E-state index in [1.54, 1.807) is 11.3 Å². The number of thiophene rings is 1. The van der Waals surface area contributed by atoms with E-state index in [9.17, 15) is 9.59 Å². The molecule has 1 aromatic carbocycles. The number of benzene rings is 1. The summed E-state index contributed by atoms with van der Waals surface area (Å²) < 4.78 is 1.95. The number of likely N-dealkylation sites (N-methyl/N-ethyl adjacent to an activating group) is 1. The number of aromatic nitrogens is 2. The quantitative estimate of drug-likeness (QED) is 0.416. The third kappa shape index (κ3) is 4.40. The molecule has 0 atom stereocenters. The third-order valence-corrected chi connectivity index (χ3v) is 7.11. The van der Waals surface area contributed by atoms with E-state index in [1.807, 2.05) is 77.5 Å². The first-order chi connectivity index (χ1) is 15.0. The lowest BCUT2D eigenvalue weighted by Crippen LogP contribution is -2.33. The summed E-state index contributed by atoms with van der Waals surface area (Å²) >= 11 is 3.01. The molecule has 2 amide bonds. The molecule has 0 fully saturated rings. The van der Waals surface area contributed by atoms with E-state index < -0.39 is 0 Å². The van der Waals surface area contributed by atoms with Gasteiger partial charge in [0, 0.05) is 46.8 Å². The van der Waals surface area contributed by atoms with Gasteiger partial charge in [-0.2, -0.15) is 11.3 Å². The standard InChI is InChI=1S/C23H24N4O2S2/c1-4-26(5-2)20(28)13-27-10-8-16-12-18(6-7-19(16)27)25-22(29)21-15(3)24-23(31-21)17-9-11-30-14-17/h6-12,14H,4-5,13H2,1-3H3,(H,25,29). The second-order valence-corrected chi connectivity index (χ2v) is 8.96. The maximum Gasteiger partial charge on any atom is 0.267 e. The van der Waals surface area contributed by atoms with Crippen LogP contribution in [0.3, 0.4) is 0 Å². The fourth-order valence-electron chi connectivity index (χ4n) is 3.54. The Morgan fingerprint density at radius 1 is 1.16 bits per heavy atom. The van der Waals surface area contributed by atoms with Crippen LogP contribution in [0.25, 0.3) is 21.5 Å². The zero-order chi connectivity index (χ0) is 22.0. The maximum atomic E-state index is 12.9. The van der Waals surface area contributed by atoms with Gasteiger partial charge in [-0.1, -0.05) is 0 Å². The van der Waals surface area contributed by atoms with E-state index in [4.69, 9.17) is 0 Å². The Morgan fingerprint density at radius 2 is 1.97 bits per heavy atom. The van der Waals surface area contributed by atoms with Crippen LogP contribution in [-0.4, -0.2) is 39.4 Å². The summed E-state index contributed by atoms with van der Waals surface area (Å²) in [6.07, 6.45) is 1.91. The van der Waals surface area contributed by atoms with Gasteiger partial charge in [0.05, 0.1) is 5.69 Å². The van der Waals surface area contributed by atoms with E-state index in [0.717, 1.165) is 32.9 Å². The van der Waals surface area contributed by atoms with Crippen molar-refractivity contribution in [1.29, 1.82) is 0 Å². The molecule has 0 unspecified atom stereocenters. The monoisotopic (exact) mass is 452 g/mol. The van der Waals surface area contributed by atoms with Gasteiger partial charge >= 0.3 is 0 Å². The molecule has 160 valence electrons. The van der Waals surface area contributed by atoms with Gasteiger partial charge in [0.25, 0.3) is 5.91 Å². The van der Waals surface area contributed by atoms with Gasteiger partial charge in [-0.15, -0.1) is 11.3 Å². The lowest BCUT2D eigenvalue weighted by Gasteiger charge is -2.19. The van der Waals surface area contributed by atoms with Crippen molar-refractivity contribution < 1.29 is 9.59 Å². The number of rotatable bonds is 7. The van der Waals surface area contributed by atoms with Crippen molar-refractivity contribution in [1.82, 2.24) is 14.5 Å². The topological polar surface area (TPSA) is 67.2 Å². The number of carbonyl (C=O) groups is 2. The van der Waals surface area contributed by atoms with Gasteiger partial charge in [-0.05, 0) is 56.5 Å². The summed E-state index contributed by atoms with van der Waals surface area (Å²) in [6.45, 7) is 7.54. The predicted molar refractivity (Wildman–Crippen MR) is 128 cm³/mol. The molecule has 0 spiro atoms. The second kappa shape index (κ2) is 9.03. The lowest BCUT2D eigenvalue weighted by molar-refractivity contribution is -0.131. The van der Waals surface area contributed by atoms with Gasteiger partial charge in [0.2, 0.25) is 5.91 Å². The van der Waals surface area contributed by atoms with E-state index in [0.29, 0.717) is 24.5 Å². The Labute approximate surface area is 189 Å². The van der Waals surface area contributed by atoms with E-state index >= 15 is 0 Å². The molecule has 31 heavy (non-hydrogen) atoms. The number of anilines is 1. The zero-order valence-corrected chi connectivity index (χ0v) is 19.3. The molecule has 1 N–H and O–H groups in total. The Hall–Kier alpha value is -2.97. The van der Waals surface area contributed by atoms with Crippen LogP contribution >= 0.6 is 22.7 Å². The molecule has 0 saturated carbocycles. The molecule has 6 nitrogen and oxygen atoms in total. The van der Waals surface area contributed by atoms with Crippen LogP contribution in [0.5, 0.6) is 0 Å². The molecular formula is C23H24N4O2S2. The number of nitrogens with zero attached hydrogens (tertiary/aromatic N) is 3. The van der Waals surface area contributed by atoms with E-state index in [-0.39, 0.29) is 11.8 Å². The molecule has 3 aromatic heterocycles. The molecule has 8 heteroatoms. The fraction of sp³-hybridized carbons (Fsp3) is 0.261. The highest BCUT2D eigenvalue weighted by Gasteiger charge is 2.17. The smallest absolute Gasteiger partial charge is 0.267 e. The van der Waals surface area contributed by atoms with Crippen molar-refractivity contribution in [2.75, 3.05) is 18.4 Å². The normalized spacial score (nSPS) is 11.1. The fourth-order valence-corrected chi connectivity index (χ4v) is 5.22. The van der Waals surface area contributed by atoms with Crippen LogP contribution in [0.15, 0.2) is 47.3 Å². The molecule has 0 aliphatic rings. The van der Waals surface area contributed by atoms with Crippen molar-refractivity contribution in [3.05, 3.63) is 57.9 Å². The zero-order valence-electron chi connectivity index (χ0n) is 17.7. The molecule has 3 heterocycles. The van der Waals surface area contributed by atoms with Gasteiger partial charge in [0.15, 0.2) is 0 Å². The highest BCUT2D eigenvalue weighted by molar-refractivity contribution is 7.17. The van der Waals surface area contributed by atoms with Crippen molar-refractivity contribution >= 4 is 51.1 Å². The van der Waals surface area contributed by atoms with Crippen molar-refractivity contribution in [3.8, 4) is 10.6 Å². The van der Waals surface area contributed by atoms with Crippen LogP contribution in [0, 0.1) is 6.92 Å². The minimum Gasteiger partial charge on any atom is -0.342 e. The first-order valence-corrected chi connectivity index (χ1v) is 11.9. The van der Waals surface area contributed by atoms with Crippen molar-refractivity contribution in [3.63, 3.8) is 0 Å². The molecule has 4 aromatic rings. The molecule has 4 rings (SSSR count). The SMILES string of the molecule is CCN(CC)C(=O)Cn1ccc2cc(NC(=O)c3sc(-c4ccsc4)nc3C)ccc21. The number of hydrogen-bond acceptors (Lipinski definition) is 5. The summed E-state index contributed by atoms with van der Waals surface area (Å²) in [6, 6.07) is 9.72. The number of nitrogens with one attached hydrogen (secondary N) is 1. The molecule has 0 aliphatic carbocycles. The summed E-state index contributed by atoms with van der Waals surface area (Å²) in [5, 5.41) is 8.85. The number of carbonyl (C=O) groups excluding carboxylic acids is 2. The highest BCUT2D eigenvalue weighted by atomic mass is 32.1. The highest BCUT2D eigenvalue weighted by Crippen LogP contribution is 2.30. The van der Waals surface area contributed by atoms with Gasteiger partial charge in [0.1, 0.15) is 16.4 Å². The van der Waals surface area contributed by atoms with E-state index in [2.05, 4.69) is 10.3 Å². The molecule has 0 aliphatic heterocycles. The first-order valence-electron chi connectivity index (χ1n) is 10.2. The molecule has 0 radical (unpaired) electrons. The number of fused-ring (bicyclic) bond motifs is 1. The van der Waals surface area contributed by atoms with Crippen LogP contribution in [0.4, 0.5) is 5.69 Å². The number of hydrogen-bond donors (Lipinski definition) is 1. The third-order valence-electron chi connectivity index (χ3n) is 5.22. The molecule has 0 bridgehead atoms. The Balaban J connectivity index is 1.51. The summed E-state index contributed by atoms with van der Waals surface area (Å²) in [7, 11) is 0. The average Bonchev–Trinajstić information content (AvgIpc) is 3.49. The van der Waals surface area contributed by atoms with Crippen molar-refractivity contribution in [2.24, 2.45) is 0 Å². The van der Waals surface area contributed by atoms with Gasteiger partial charge in [-0.3, -0.25) is 9.59 Å². The minimum atomic E-state index is -0.160. The Kier molecular flexibility index (Phi) is 6.20. The molecular weight excluding hydrogens is 428 g/mol. The number of thiazole rings is 1. The largest absolute Gasteiger partial charge is 0.342 e. The average molecular weight is 453 g/mol. The Morgan fingerprint density at radius 3 is 2.68 bits per heavy atom. The maximum absolute atomic E-state index is 12.9. The van der Waals surface area contributed by atoms with Crippen molar-refractivity contribution in [2.45, 2.75) is 27.3 Å². The lowest BCUT2D eigenvalue weighted by atomic mass is 10.2. The number of amides is 2. The van der Waals surface area contributed by atoms with Crippen LogP contribution < -0.4 is 5.32 Å². The van der Waals surface area contributed by atoms with Gasteiger partial charge < -0.3 is 14.8 Å². The number of aryl methyl sites for hydroxylation is 1. The van der Waals surface area contributed by atoms with Gasteiger partial charge in [-0.25, -0.2) is 4.98 Å². The van der Waals surface area contributed by atoms with Crippen LogP contribution in [0.1, 0.15) is 29.2 Å². The van der Waals surface area contributed by atoms with Crippen LogP contribution in [0.2, 0.25) is 0 Å². The van der Waals surface area contributed by atoms with E-state index in [1.165, 1.54) is 11.3 Å². The minimum absolute atomic E-state index is 0.0991. The summed E-state index contributed by atoms with van der Waals surface area (Å²) in [4.78, 5) is 32.3. The van der Waals surface area contributed by atoms with Crippen LogP contribution in [-0.2, 0) is 11.3 Å². The predicted octanol–water partition coefficient (Wildman–Crippen LogP) is 5.26. The summed E-state index contributed by atoms with van der Waals surface area (Å²) in [5.74, 6) is -0.0612. The summed E-state index contributed by atoms with van der Waals surface area (Å²) in [5.41, 5.74) is 3.45. The second-order valence-electron chi connectivity index (χ2n) is 7.18. The Bertz CT molecular complexity index is 1220. The first kappa shape index (κ1) is 21.3.